The van der Waals surface area contributed by atoms with Gasteiger partial charge in [-0.3, -0.25) is 61.4 Å². The molecule has 4 aromatic rings. The zero-order valence-electron chi connectivity index (χ0n) is 63.8. The number of ether oxygens (including phenoxy) is 3. The number of benzene rings is 2. The van der Waals surface area contributed by atoms with Crippen molar-refractivity contribution in [3.05, 3.63) is 83.4 Å². The molecule has 6 rings (SSSR count). The standard InChI is InChI=1S/C72H107Cl4N10O24P3S/c1-72(2,45-107-113(102,103)110-112(100,101)106-44-57-65(109-111(97,98)99)64(93)71(108-57)86-47-83-63-67(77)81-46-82-68(63)86)66(94)69(95)80-35-28-60(90)79-36-42-114-58-43-62(92)85(70(58)96)37-7-11-54(87)29-39-105-41-40-104-38-8-13-56(88)55(84-61(91)15-6-10-49-18-22-51(23-19-49)53(26-32-75)27-33-76)12-3-4-34-78-59(89)14-5-9-48-16-20-50(21-17-48)52(24-30-73)25-31-74/h16-23,46-47,52-53,55,57-58,64-66,71,93-94H,3-15,24-45H2,1-2H3,(H,78,89)(H,79,90)(H,80,95)(H,84,91)(H,100,101)(H,102,103)(H2,77,81,82)(H2,97,98,99)/t55?,57-,58?,64+,65?,66+,71-/m1/s1. The highest BCUT2D eigenvalue weighted by atomic mass is 35.5. The normalized spacial score (nSPS) is 18.3. The van der Waals surface area contributed by atoms with Crippen LogP contribution in [-0.4, -0.2) is 232 Å². The Morgan fingerprint density at radius 3 is 1.88 bits per heavy atom. The number of phosphoric ester groups is 3. The summed E-state index contributed by atoms with van der Waals surface area (Å²) in [5.74, 6) is 0.130. The summed E-state index contributed by atoms with van der Waals surface area (Å²) in [4.78, 5) is 157. The molecule has 2 saturated heterocycles. The fourth-order valence-corrected chi connectivity index (χ4v) is 17.5. The monoisotopic (exact) mass is 1760 g/mol. The maximum atomic E-state index is 13.6. The molecule has 114 heavy (non-hydrogen) atoms. The SMILES string of the molecule is CC(C)(COP(=O)(O)OP(=O)(O)OC[C@H]1O[C@@H](n2cnc3c(N)ncnc32)[C@@H](O)C1OP(=O)(O)O)[C@@H](O)C(=O)NCCC(=O)NCCSC1CC(=O)N(CCCC(=O)CCOCCOCCCC(=O)C(CCCCNC(=O)CCCc2ccc(C(CCCl)CCCl)cc2)NC(=O)CCCc2ccc(C(CCCl)CCCl)cc2)C1=O. The van der Waals surface area contributed by atoms with E-state index in [4.69, 9.17) is 75.4 Å². The molecule has 6 amide bonds. The number of ketones is 2. The number of aliphatic hydroxyl groups is 2. The summed E-state index contributed by atoms with van der Waals surface area (Å²) in [5.41, 5.74) is 8.83. The molecule has 2 aliphatic heterocycles. The predicted octanol–water partition coefficient (Wildman–Crippen LogP) is 7.89. The number of nitrogen functional groups attached to an aromatic ring is 1. The third kappa shape index (κ3) is 34.3. The van der Waals surface area contributed by atoms with Crippen LogP contribution in [0, 0.1) is 5.41 Å². The number of imide groups is 1. The van der Waals surface area contributed by atoms with Gasteiger partial charge in [0.15, 0.2) is 23.5 Å². The van der Waals surface area contributed by atoms with Crippen LogP contribution in [0.15, 0.2) is 61.2 Å². The van der Waals surface area contributed by atoms with E-state index in [2.05, 4.69) is 93.6 Å². The Kier molecular flexibility index (Phi) is 42.9. The van der Waals surface area contributed by atoms with Crippen LogP contribution in [0.2, 0.25) is 0 Å². The van der Waals surface area contributed by atoms with Crippen LogP contribution in [0.4, 0.5) is 5.82 Å². The van der Waals surface area contributed by atoms with Crippen LogP contribution >= 0.6 is 81.6 Å². The van der Waals surface area contributed by atoms with Crippen molar-refractivity contribution in [3.8, 4) is 0 Å². The van der Waals surface area contributed by atoms with Gasteiger partial charge in [0, 0.05) is 112 Å². The van der Waals surface area contributed by atoms with E-state index in [9.17, 15) is 81.8 Å². The molecule has 9 atom stereocenters. The topological polar surface area (TPSA) is 495 Å². The van der Waals surface area contributed by atoms with E-state index >= 15 is 0 Å². The number of carbonyl (C=O) groups excluding carboxylic acids is 8. The number of hydrogen-bond donors (Lipinski definition) is 11. The number of aromatic nitrogens is 4. The number of nitrogens with zero attached hydrogens (tertiary/aromatic N) is 5. The van der Waals surface area contributed by atoms with Gasteiger partial charge in [-0.15, -0.1) is 58.2 Å². The molecule has 2 aromatic heterocycles. The molecule has 2 aromatic carbocycles. The summed E-state index contributed by atoms with van der Waals surface area (Å²) in [6, 6.07) is 16.1. The molecule has 42 heteroatoms. The first-order valence-electron chi connectivity index (χ1n) is 37.8. The van der Waals surface area contributed by atoms with Gasteiger partial charge >= 0.3 is 23.5 Å². The summed E-state index contributed by atoms with van der Waals surface area (Å²) in [6.07, 6.45) is 2.07. The van der Waals surface area contributed by atoms with Crippen LogP contribution in [0.5, 0.6) is 0 Å². The Labute approximate surface area is 687 Å². The molecule has 5 unspecified atom stereocenters. The zero-order valence-corrected chi connectivity index (χ0v) is 70.3. The molecule has 4 heterocycles. The Hall–Kier alpha value is -5.17. The Balaban J connectivity index is 0.800. The summed E-state index contributed by atoms with van der Waals surface area (Å²) in [6.45, 7) is 1.39. The van der Waals surface area contributed by atoms with Crippen LogP contribution in [0.25, 0.3) is 11.2 Å². The number of thioether (sulfide) groups is 1. The molecule has 638 valence electrons. The largest absolute Gasteiger partial charge is 0.481 e. The van der Waals surface area contributed by atoms with E-state index in [0.717, 1.165) is 77.1 Å². The fraction of sp³-hybridized carbons (Fsp3) is 0.653. The minimum absolute atomic E-state index is 0.00656. The number of imidazole rings is 1. The third-order valence-electron chi connectivity index (χ3n) is 18.9. The first-order valence-corrected chi connectivity index (χ1v) is 45.5. The van der Waals surface area contributed by atoms with Crippen molar-refractivity contribution in [2.75, 3.05) is 101 Å². The quantitative estimate of drug-likeness (QED) is 0.00866. The van der Waals surface area contributed by atoms with Crippen LogP contribution in [0.3, 0.4) is 0 Å². The van der Waals surface area contributed by atoms with Gasteiger partial charge in [0.1, 0.15) is 42.0 Å². The second kappa shape index (κ2) is 50.0. The molecular weight excluding hydrogens is 1660 g/mol. The van der Waals surface area contributed by atoms with Crippen LogP contribution in [0.1, 0.15) is 170 Å². The summed E-state index contributed by atoms with van der Waals surface area (Å²) >= 11 is 25.3. The smallest absolute Gasteiger partial charge is 0.386 e. The van der Waals surface area contributed by atoms with Crippen molar-refractivity contribution in [3.63, 3.8) is 0 Å². The number of likely N-dealkylation sites (tertiary alicyclic amines) is 1. The number of aryl methyl sites for hydroxylation is 2. The number of halogens is 4. The predicted molar refractivity (Wildman–Crippen MR) is 426 cm³/mol. The molecule has 0 aliphatic carbocycles. The van der Waals surface area contributed by atoms with Crippen LogP contribution in [-0.2, 0) is 97.0 Å². The van der Waals surface area contributed by atoms with Gasteiger partial charge in [-0.05, 0) is 118 Å². The number of unbranched alkanes of at least 4 members (excludes halogenated alkanes) is 1. The maximum Gasteiger partial charge on any atom is 0.481 e. The van der Waals surface area contributed by atoms with E-state index in [1.54, 1.807) is 0 Å². The lowest BCUT2D eigenvalue weighted by molar-refractivity contribution is -0.139. The first kappa shape index (κ1) is 97.7. The number of phosphoric acid groups is 3. The van der Waals surface area contributed by atoms with Gasteiger partial charge in [-0.1, -0.05) is 62.4 Å². The van der Waals surface area contributed by atoms with Crippen molar-refractivity contribution in [2.24, 2.45) is 5.41 Å². The van der Waals surface area contributed by atoms with Gasteiger partial charge < -0.3 is 71.0 Å². The van der Waals surface area contributed by atoms with Crippen molar-refractivity contribution in [1.82, 2.24) is 45.7 Å². The second-order valence-corrected chi connectivity index (χ2v) is 35.2. The molecule has 2 fully saturated rings. The second-order valence-electron chi connectivity index (χ2n) is 28.2. The van der Waals surface area contributed by atoms with Crippen molar-refractivity contribution in [2.45, 2.75) is 196 Å². The molecule has 0 spiro atoms. The number of aliphatic hydroxyl groups excluding tert-OH is 2. The number of carbonyl (C=O) groups is 8. The number of hydrogen-bond acceptors (Lipinski definition) is 25. The maximum absolute atomic E-state index is 13.6. The number of nitrogens with two attached hydrogens (primary N) is 1. The Bertz CT molecular complexity index is 3870. The van der Waals surface area contributed by atoms with E-state index < -0.39 is 108 Å². The molecular formula is C72H107Cl4N10O24P3S. The number of Topliss-reactive ketones (excluding diaryl/α,β-unsaturated/α-hetero) is 2. The number of rotatable bonds is 59. The van der Waals surface area contributed by atoms with Crippen molar-refractivity contribution in [1.29, 1.82) is 0 Å². The summed E-state index contributed by atoms with van der Waals surface area (Å²) in [7, 11) is -16.6. The van der Waals surface area contributed by atoms with Crippen LogP contribution < -0.4 is 27.0 Å². The summed E-state index contributed by atoms with van der Waals surface area (Å²) in [5, 5.41) is 32.0. The number of anilines is 1. The highest BCUT2D eigenvalue weighted by Crippen LogP contribution is 2.61. The van der Waals surface area contributed by atoms with Crippen molar-refractivity contribution >= 4 is 146 Å². The van der Waals surface area contributed by atoms with E-state index in [1.807, 2.05) is 0 Å². The zero-order chi connectivity index (χ0) is 83.4. The molecule has 2 aliphatic rings. The average Bonchev–Trinajstić information content (AvgIpc) is 1.61. The first-order chi connectivity index (χ1) is 54.3. The lowest BCUT2D eigenvalue weighted by Crippen LogP contribution is -2.46. The number of fused-ring (bicyclic) bond motifs is 1. The number of alkyl halides is 4. The molecule has 0 radical (unpaired) electrons. The van der Waals surface area contributed by atoms with Gasteiger partial charge in [-0.2, -0.15) is 4.31 Å². The fourth-order valence-electron chi connectivity index (χ4n) is 12.6. The van der Waals surface area contributed by atoms with E-state index in [-0.39, 0.29) is 143 Å². The molecule has 0 saturated carbocycles. The molecule has 0 bridgehead atoms. The van der Waals surface area contributed by atoms with Gasteiger partial charge in [-0.25, -0.2) is 28.6 Å². The highest BCUT2D eigenvalue weighted by Gasteiger charge is 2.51. The average molecular weight is 1760 g/mol. The lowest BCUT2D eigenvalue weighted by Gasteiger charge is -2.30. The van der Waals surface area contributed by atoms with E-state index in [1.165, 1.54) is 25.0 Å². The summed E-state index contributed by atoms with van der Waals surface area (Å²) < 4.78 is 74.2. The Morgan fingerprint density at radius 2 is 1.26 bits per heavy atom. The molecule has 34 nitrogen and oxygen atoms in total. The van der Waals surface area contributed by atoms with E-state index in [0.29, 0.717) is 87.3 Å². The van der Waals surface area contributed by atoms with Gasteiger partial charge in [0.2, 0.25) is 35.4 Å². The Morgan fingerprint density at radius 1 is 0.675 bits per heavy atom. The third-order valence-corrected chi connectivity index (χ3v) is 24.1. The van der Waals surface area contributed by atoms with Gasteiger partial charge in [0.25, 0.3) is 0 Å². The number of amides is 6. The lowest BCUT2D eigenvalue weighted by atomic mass is 9.87. The minimum atomic E-state index is -5.65. The van der Waals surface area contributed by atoms with Crippen molar-refractivity contribution < 1.29 is 114 Å². The van der Waals surface area contributed by atoms with Gasteiger partial charge in [0.05, 0.1) is 50.7 Å². The molecule has 12 N–H and O–H groups in total. The highest BCUT2D eigenvalue weighted by molar-refractivity contribution is 8.00. The number of nitrogens with one attached hydrogen (secondary N) is 4. The minimum Gasteiger partial charge on any atom is -0.386 e.